The summed E-state index contributed by atoms with van der Waals surface area (Å²) in [7, 11) is 0. The second kappa shape index (κ2) is 6.69. The zero-order valence-electron chi connectivity index (χ0n) is 11.7. The number of hydrogen-bond donors (Lipinski definition) is 1. The Hall–Kier alpha value is -2.63. The quantitative estimate of drug-likeness (QED) is 0.818. The van der Waals surface area contributed by atoms with Gasteiger partial charge in [0.1, 0.15) is 5.75 Å². The number of carboxylic acid groups (broad SMARTS) is 1. The largest absolute Gasteiger partial charge is 0.494 e. The van der Waals surface area contributed by atoms with Crippen molar-refractivity contribution in [1.29, 1.82) is 0 Å². The molecule has 0 aliphatic carbocycles. The summed E-state index contributed by atoms with van der Waals surface area (Å²) in [4.78, 5) is 26.4. The van der Waals surface area contributed by atoms with Crippen LogP contribution in [-0.4, -0.2) is 27.2 Å². The molecule has 1 N–H and O–H groups in total. The molecule has 0 saturated carbocycles. The first kappa shape index (κ1) is 14.8. The number of ether oxygens (including phenoxy) is 1. The Morgan fingerprint density at radius 2 is 2.05 bits per heavy atom. The lowest BCUT2D eigenvalue weighted by Crippen LogP contribution is -2.21. The number of carboxylic acids is 1. The highest BCUT2D eigenvalue weighted by atomic mass is 16.5. The zero-order chi connectivity index (χ0) is 15.2. The average Bonchev–Trinajstić information content (AvgIpc) is 2.46. The van der Waals surface area contributed by atoms with Crippen molar-refractivity contribution in [3.8, 4) is 5.75 Å². The van der Waals surface area contributed by atoms with Crippen LogP contribution in [0.3, 0.4) is 0 Å². The molecule has 0 unspecified atom stereocenters. The standard InChI is InChI=1S/C15H16N2O4/c1-11-9-14(18)17(10-16-11)7-2-8-21-13-5-3-12(4-6-13)15(19)20/h3-6,9-10H,2,7-8H2,1H3,(H,19,20). The molecule has 0 aliphatic heterocycles. The van der Waals surface area contributed by atoms with Gasteiger partial charge < -0.3 is 9.84 Å². The lowest BCUT2D eigenvalue weighted by molar-refractivity contribution is 0.0697. The van der Waals surface area contributed by atoms with Gasteiger partial charge in [-0.3, -0.25) is 9.36 Å². The van der Waals surface area contributed by atoms with E-state index in [0.717, 1.165) is 0 Å². The predicted octanol–water partition coefficient (Wildman–Crippen LogP) is 1.72. The smallest absolute Gasteiger partial charge is 0.335 e. The normalized spacial score (nSPS) is 10.3. The first-order valence-electron chi connectivity index (χ1n) is 6.55. The van der Waals surface area contributed by atoms with Gasteiger partial charge in [-0.25, -0.2) is 9.78 Å². The van der Waals surface area contributed by atoms with Crippen LogP contribution in [0.2, 0.25) is 0 Å². The van der Waals surface area contributed by atoms with Crippen molar-refractivity contribution in [2.75, 3.05) is 6.61 Å². The fraction of sp³-hybridized carbons (Fsp3) is 0.267. The molecule has 1 aromatic heterocycles. The van der Waals surface area contributed by atoms with Gasteiger partial charge in [0.05, 0.1) is 18.5 Å². The summed E-state index contributed by atoms with van der Waals surface area (Å²) in [5, 5.41) is 8.78. The van der Waals surface area contributed by atoms with Crippen LogP contribution < -0.4 is 10.3 Å². The summed E-state index contributed by atoms with van der Waals surface area (Å²) in [5.74, 6) is -0.359. The maximum atomic E-state index is 11.6. The Morgan fingerprint density at radius 3 is 2.67 bits per heavy atom. The fourth-order valence-corrected chi connectivity index (χ4v) is 1.80. The summed E-state index contributed by atoms with van der Waals surface area (Å²) in [6, 6.07) is 7.70. The summed E-state index contributed by atoms with van der Waals surface area (Å²) in [6.45, 7) is 2.74. The highest BCUT2D eigenvalue weighted by Crippen LogP contribution is 2.12. The summed E-state index contributed by atoms with van der Waals surface area (Å²) in [5.41, 5.74) is 0.846. The minimum Gasteiger partial charge on any atom is -0.494 e. The highest BCUT2D eigenvalue weighted by Gasteiger charge is 2.02. The maximum absolute atomic E-state index is 11.6. The molecule has 0 radical (unpaired) electrons. The van der Waals surface area contributed by atoms with E-state index in [1.807, 2.05) is 0 Å². The van der Waals surface area contributed by atoms with Crippen molar-refractivity contribution in [1.82, 2.24) is 9.55 Å². The Morgan fingerprint density at radius 1 is 1.33 bits per heavy atom. The molecule has 6 heteroatoms. The molecule has 0 aliphatic rings. The zero-order valence-corrected chi connectivity index (χ0v) is 11.7. The molecule has 0 saturated heterocycles. The van der Waals surface area contributed by atoms with E-state index in [1.165, 1.54) is 29.1 Å². The van der Waals surface area contributed by atoms with Gasteiger partial charge in [0.2, 0.25) is 0 Å². The van der Waals surface area contributed by atoms with E-state index >= 15 is 0 Å². The van der Waals surface area contributed by atoms with Crippen LogP contribution in [0.15, 0.2) is 41.5 Å². The molecule has 1 heterocycles. The van der Waals surface area contributed by atoms with Crippen molar-refractivity contribution in [2.45, 2.75) is 19.9 Å². The van der Waals surface area contributed by atoms with Crippen LogP contribution in [-0.2, 0) is 6.54 Å². The summed E-state index contributed by atoms with van der Waals surface area (Å²) < 4.78 is 7.03. The Kier molecular flexibility index (Phi) is 4.71. The third-order valence-electron chi connectivity index (χ3n) is 2.93. The van der Waals surface area contributed by atoms with Crippen LogP contribution in [0.25, 0.3) is 0 Å². The van der Waals surface area contributed by atoms with E-state index < -0.39 is 5.97 Å². The summed E-state index contributed by atoms with van der Waals surface area (Å²) in [6.07, 6.45) is 2.19. The highest BCUT2D eigenvalue weighted by molar-refractivity contribution is 5.87. The van der Waals surface area contributed by atoms with Gasteiger partial charge in [-0.15, -0.1) is 0 Å². The van der Waals surface area contributed by atoms with Crippen LogP contribution in [0, 0.1) is 6.92 Å². The van der Waals surface area contributed by atoms with Crippen LogP contribution in [0.1, 0.15) is 22.5 Å². The molecule has 0 spiro atoms. The van der Waals surface area contributed by atoms with Gasteiger partial charge in [0, 0.05) is 18.3 Å². The average molecular weight is 288 g/mol. The van der Waals surface area contributed by atoms with E-state index in [-0.39, 0.29) is 11.1 Å². The van der Waals surface area contributed by atoms with Crippen molar-refractivity contribution in [3.63, 3.8) is 0 Å². The Balaban J connectivity index is 1.81. The SMILES string of the molecule is Cc1cc(=O)n(CCCOc2ccc(C(=O)O)cc2)cn1. The fourth-order valence-electron chi connectivity index (χ4n) is 1.80. The number of aryl methyl sites for hydroxylation is 2. The molecular weight excluding hydrogens is 272 g/mol. The Bertz CT molecular complexity index is 677. The van der Waals surface area contributed by atoms with Gasteiger partial charge in [0.25, 0.3) is 5.56 Å². The second-order valence-corrected chi connectivity index (χ2v) is 4.59. The van der Waals surface area contributed by atoms with Crippen LogP contribution >= 0.6 is 0 Å². The molecule has 6 nitrogen and oxygen atoms in total. The van der Waals surface area contributed by atoms with Gasteiger partial charge in [0.15, 0.2) is 0 Å². The second-order valence-electron chi connectivity index (χ2n) is 4.59. The third kappa shape index (κ3) is 4.17. The molecule has 1 aromatic carbocycles. The number of nitrogens with zero attached hydrogens (tertiary/aromatic N) is 2. The molecule has 0 atom stereocenters. The van der Waals surface area contributed by atoms with E-state index in [0.29, 0.717) is 31.0 Å². The first-order valence-corrected chi connectivity index (χ1v) is 6.55. The van der Waals surface area contributed by atoms with E-state index in [2.05, 4.69) is 4.98 Å². The minimum absolute atomic E-state index is 0.0756. The maximum Gasteiger partial charge on any atom is 0.335 e. The monoisotopic (exact) mass is 288 g/mol. The van der Waals surface area contributed by atoms with E-state index in [9.17, 15) is 9.59 Å². The Labute approximate surface area is 121 Å². The van der Waals surface area contributed by atoms with E-state index in [4.69, 9.17) is 9.84 Å². The number of benzene rings is 1. The predicted molar refractivity (Wildman–Crippen MR) is 76.7 cm³/mol. The van der Waals surface area contributed by atoms with Gasteiger partial charge in [-0.05, 0) is 37.6 Å². The molecular formula is C15H16N2O4. The number of rotatable bonds is 6. The molecule has 2 rings (SSSR count). The number of carbonyl (C=O) groups is 1. The molecule has 0 amide bonds. The third-order valence-corrected chi connectivity index (χ3v) is 2.93. The van der Waals surface area contributed by atoms with Gasteiger partial charge >= 0.3 is 5.97 Å². The molecule has 110 valence electrons. The minimum atomic E-state index is -0.965. The van der Waals surface area contributed by atoms with Crippen molar-refractivity contribution in [2.24, 2.45) is 0 Å². The van der Waals surface area contributed by atoms with Crippen LogP contribution in [0.5, 0.6) is 5.75 Å². The van der Waals surface area contributed by atoms with Crippen molar-refractivity contribution < 1.29 is 14.6 Å². The van der Waals surface area contributed by atoms with E-state index in [1.54, 1.807) is 19.1 Å². The van der Waals surface area contributed by atoms with Crippen molar-refractivity contribution in [3.05, 3.63) is 58.3 Å². The van der Waals surface area contributed by atoms with Gasteiger partial charge in [-0.2, -0.15) is 0 Å². The van der Waals surface area contributed by atoms with Crippen LogP contribution in [0.4, 0.5) is 0 Å². The van der Waals surface area contributed by atoms with Gasteiger partial charge in [-0.1, -0.05) is 0 Å². The molecule has 2 aromatic rings. The lowest BCUT2D eigenvalue weighted by atomic mass is 10.2. The number of hydrogen-bond acceptors (Lipinski definition) is 4. The number of aromatic nitrogens is 2. The first-order chi connectivity index (χ1) is 10.1. The summed E-state index contributed by atoms with van der Waals surface area (Å²) >= 11 is 0. The molecule has 0 bridgehead atoms. The van der Waals surface area contributed by atoms with Crippen molar-refractivity contribution >= 4 is 5.97 Å². The number of aromatic carboxylic acids is 1. The topological polar surface area (TPSA) is 81.4 Å². The molecule has 21 heavy (non-hydrogen) atoms. The molecule has 0 fully saturated rings. The lowest BCUT2D eigenvalue weighted by Gasteiger charge is -2.08.